The van der Waals surface area contributed by atoms with Gasteiger partial charge in [0.15, 0.2) is 0 Å². The fourth-order valence-corrected chi connectivity index (χ4v) is 7.57. The van der Waals surface area contributed by atoms with Crippen molar-refractivity contribution in [2.24, 2.45) is 0 Å². The van der Waals surface area contributed by atoms with Crippen LogP contribution in [-0.4, -0.2) is 19.2 Å². The van der Waals surface area contributed by atoms with Gasteiger partial charge in [0.25, 0.3) is 0 Å². The van der Waals surface area contributed by atoms with Crippen LogP contribution in [0.1, 0.15) is 27.5 Å². The third-order valence-corrected chi connectivity index (χ3v) is 9.65. The van der Waals surface area contributed by atoms with E-state index in [1.165, 1.54) is 10.0 Å². The molecule has 3 atom stereocenters. The van der Waals surface area contributed by atoms with Crippen LogP contribution in [0.3, 0.4) is 0 Å². The van der Waals surface area contributed by atoms with E-state index in [1.54, 1.807) is 0 Å². The first kappa shape index (κ1) is 23.2. The monoisotopic (exact) mass is 569 g/mol. The number of hydrogen-bond acceptors (Lipinski definition) is 1. The Bertz CT molecular complexity index is 1150. The van der Waals surface area contributed by atoms with Gasteiger partial charge in [0.2, 0.25) is 0 Å². The molecular formula is C27H24BrNOSSe. The van der Waals surface area contributed by atoms with E-state index in [2.05, 4.69) is 93.4 Å². The van der Waals surface area contributed by atoms with E-state index in [-0.39, 0.29) is 25.8 Å². The van der Waals surface area contributed by atoms with Crippen LogP contribution in [0.2, 0.25) is 0 Å². The molecule has 0 radical (unpaired) electrons. The predicted molar refractivity (Wildman–Crippen MR) is 139 cm³/mol. The summed E-state index contributed by atoms with van der Waals surface area (Å²) >= 11 is 3.68. The molecule has 0 fully saturated rings. The number of halogens is 1. The normalized spacial score (nSPS) is 13.9. The van der Waals surface area contributed by atoms with Crippen LogP contribution in [0.25, 0.3) is 0 Å². The summed E-state index contributed by atoms with van der Waals surface area (Å²) in [4.78, 5) is 0.957. The Morgan fingerprint density at radius 3 is 1.97 bits per heavy atom. The minimum absolute atomic E-state index is 0.104. The van der Waals surface area contributed by atoms with Crippen LogP contribution in [0, 0.1) is 6.92 Å². The van der Waals surface area contributed by atoms with Crippen LogP contribution in [0.4, 0.5) is 0 Å². The summed E-state index contributed by atoms with van der Waals surface area (Å²) in [6, 6.07) is 37.3. The molecule has 0 aliphatic heterocycles. The fourth-order valence-electron chi connectivity index (χ4n) is 3.44. The second-order valence-corrected chi connectivity index (χ2v) is 12.2. The van der Waals surface area contributed by atoms with Crippen LogP contribution in [0.5, 0.6) is 0 Å². The topological polar surface area (TPSA) is 29.1 Å². The summed E-state index contributed by atoms with van der Waals surface area (Å²) in [7, 11) is -1.33. The van der Waals surface area contributed by atoms with Gasteiger partial charge in [0.1, 0.15) is 0 Å². The van der Waals surface area contributed by atoms with E-state index < -0.39 is 11.0 Å². The summed E-state index contributed by atoms with van der Waals surface area (Å²) in [5.41, 5.74) is 3.53. The van der Waals surface area contributed by atoms with Crippen molar-refractivity contribution in [3.05, 3.63) is 130 Å². The Kier molecular flexibility index (Phi) is 8.12. The number of rotatable bonds is 8. The molecule has 1 N–H and O–H groups in total. The van der Waals surface area contributed by atoms with E-state index >= 15 is 0 Å². The first-order valence-corrected chi connectivity index (χ1v) is 14.2. The van der Waals surface area contributed by atoms with Gasteiger partial charge in [0.05, 0.1) is 0 Å². The van der Waals surface area contributed by atoms with E-state index in [0.29, 0.717) is 0 Å². The molecule has 0 aliphatic carbocycles. The molecule has 0 saturated carbocycles. The van der Waals surface area contributed by atoms with Crippen LogP contribution in [0.15, 0.2) is 119 Å². The molecule has 0 aromatic heterocycles. The SMILES string of the molecule is Cc1ccc([S@](=O)N[C@H](c2ccc(Br)cc2)[C@@H]([Se]c2ccccc2)c2ccccc2)cc1. The standard InChI is InChI=1S/C27H24BrNOSSe/c1-20-12-18-24(19-13-20)31(30)29-26(21-14-16-23(28)17-15-21)27(22-8-4-2-5-9-22)32-25-10-6-3-7-11-25/h2-19,26-27,29H,1H3/t26-,27+,31+/m1/s1. The maximum absolute atomic E-state index is 13.4. The quantitative estimate of drug-likeness (QED) is 0.264. The molecule has 2 nitrogen and oxygen atoms in total. The predicted octanol–water partition coefficient (Wildman–Crippen LogP) is 5.88. The first-order chi connectivity index (χ1) is 15.6. The summed E-state index contributed by atoms with van der Waals surface area (Å²) in [5, 5.41) is 0. The van der Waals surface area contributed by atoms with Crippen LogP contribution >= 0.6 is 15.9 Å². The fraction of sp³-hybridized carbons (Fsp3) is 0.111. The van der Waals surface area contributed by atoms with Crippen molar-refractivity contribution in [3.63, 3.8) is 0 Å². The molecule has 0 unspecified atom stereocenters. The van der Waals surface area contributed by atoms with Crippen molar-refractivity contribution in [2.75, 3.05) is 0 Å². The van der Waals surface area contributed by atoms with Crippen molar-refractivity contribution >= 4 is 46.3 Å². The minimum atomic E-state index is -1.33. The number of aryl methyl sites for hydroxylation is 1. The molecule has 5 heteroatoms. The molecule has 4 aromatic carbocycles. The van der Waals surface area contributed by atoms with Gasteiger partial charge in [-0.25, -0.2) is 0 Å². The Hall–Kier alpha value is -2.01. The zero-order valence-corrected chi connectivity index (χ0v) is 21.8. The van der Waals surface area contributed by atoms with Crippen LogP contribution < -0.4 is 9.18 Å². The molecule has 32 heavy (non-hydrogen) atoms. The maximum atomic E-state index is 13.4. The van der Waals surface area contributed by atoms with Gasteiger partial charge in [-0.05, 0) is 0 Å². The third kappa shape index (κ3) is 6.06. The van der Waals surface area contributed by atoms with Gasteiger partial charge in [0, 0.05) is 0 Å². The van der Waals surface area contributed by atoms with Gasteiger partial charge in [-0.1, -0.05) is 0 Å². The average molecular weight is 569 g/mol. The molecule has 162 valence electrons. The Morgan fingerprint density at radius 1 is 0.750 bits per heavy atom. The first-order valence-electron chi connectivity index (χ1n) is 10.4. The molecule has 0 aliphatic rings. The number of benzene rings is 4. The Labute approximate surface area is 207 Å². The molecule has 0 amide bonds. The molecule has 4 rings (SSSR count). The second-order valence-electron chi connectivity index (χ2n) is 7.49. The third-order valence-electron chi connectivity index (χ3n) is 5.14. The summed E-state index contributed by atoms with van der Waals surface area (Å²) in [6.07, 6.45) is 0. The zero-order chi connectivity index (χ0) is 22.3. The van der Waals surface area contributed by atoms with Gasteiger partial charge >= 0.3 is 208 Å². The van der Waals surface area contributed by atoms with Gasteiger partial charge in [-0.15, -0.1) is 0 Å². The molecule has 0 heterocycles. The number of hydrogen-bond donors (Lipinski definition) is 1. The molecule has 0 bridgehead atoms. The van der Waals surface area contributed by atoms with Gasteiger partial charge in [-0.3, -0.25) is 0 Å². The molecule has 4 aromatic rings. The van der Waals surface area contributed by atoms with Crippen molar-refractivity contribution < 1.29 is 4.21 Å². The van der Waals surface area contributed by atoms with E-state index in [0.717, 1.165) is 20.5 Å². The van der Waals surface area contributed by atoms with Crippen molar-refractivity contribution in [1.29, 1.82) is 0 Å². The van der Waals surface area contributed by atoms with Gasteiger partial charge in [-0.2, -0.15) is 0 Å². The second kappa shape index (κ2) is 11.2. The van der Waals surface area contributed by atoms with E-state index in [9.17, 15) is 4.21 Å². The molecule has 0 saturated heterocycles. The Balaban J connectivity index is 1.74. The van der Waals surface area contributed by atoms with Crippen molar-refractivity contribution in [1.82, 2.24) is 4.72 Å². The van der Waals surface area contributed by atoms with E-state index in [1.807, 2.05) is 43.3 Å². The summed E-state index contributed by atoms with van der Waals surface area (Å²) in [6.45, 7) is 2.04. The average Bonchev–Trinajstić information content (AvgIpc) is 2.83. The Morgan fingerprint density at radius 2 is 1.34 bits per heavy atom. The summed E-state index contributed by atoms with van der Waals surface area (Å²) in [5.74, 6) is 0. The molecular weight excluding hydrogens is 545 g/mol. The zero-order valence-electron chi connectivity index (χ0n) is 17.6. The van der Waals surface area contributed by atoms with Crippen molar-refractivity contribution in [3.8, 4) is 0 Å². The van der Waals surface area contributed by atoms with Crippen molar-refractivity contribution in [2.45, 2.75) is 22.7 Å². The van der Waals surface area contributed by atoms with E-state index in [4.69, 9.17) is 0 Å². The molecule has 0 spiro atoms. The van der Waals surface area contributed by atoms with Crippen LogP contribution in [-0.2, 0) is 11.0 Å². The van der Waals surface area contributed by atoms with Gasteiger partial charge < -0.3 is 0 Å². The number of nitrogens with one attached hydrogen (secondary N) is 1. The summed E-state index contributed by atoms with van der Waals surface area (Å²) < 4.78 is 19.2.